The third-order valence-electron chi connectivity index (χ3n) is 5.39. The lowest BCUT2D eigenvalue weighted by Gasteiger charge is -2.25. The molecule has 2 amide bonds. The monoisotopic (exact) mass is 379 g/mol. The Morgan fingerprint density at radius 3 is 2.74 bits per heavy atom. The molecule has 2 aliphatic rings. The molecule has 1 saturated carbocycles. The van der Waals surface area contributed by atoms with Crippen molar-refractivity contribution in [3.8, 4) is 6.07 Å². The Labute approximate surface area is 162 Å². The first kappa shape index (κ1) is 17.9. The molecule has 0 N–H and O–H groups in total. The zero-order chi connectivity index (χ0) is 18.8. The summed E-state index contributed by atoms with van der Waals surface area (Å²) in [5.41, 5.74) is 1.82. The van der Waals surface area contributed by atoms with Gasteiger partial charge in [0, 0.05) is 29.2 Å². The quantitative estimate of drug-likeness (QED) is 0.717. The summed E-state index contributed by atoms with van der Waals surface area (Å²) < 4.78 is 1.87. The number of carbonyl (C=O) groups is 2. The molecule has 0 spiro atoms. The molecular formula is C21H21N3O2S. The number of hydrogen-bond acceptors (Lipinski definition) is 4. The van der Waals surface area contributed by atoms with Crippen LogP contribution in [-0.2, 0) is 11.3 Å². The topological polar surface area (TPSA) is 66.1 Å². The van der Waals surface area contributed by atoms with E-state index in [1.54, 1.807) is 6.08 Å². The van der Waals surface area contributed by atoms with E-state index in [-0.39, 0.29) is 17.7 Å². The van der Waals surface area contributed by atoms with Gasteiger partial charge in [0.05, 0.1) is 11.0 Å². The molecule has 1 saturated heterocycles. The molecule has 6 heteroatoms. The highest BCUT2D eigenvalue weighted by molar-refractivity contribution is 8.18. The summed E-state index contributed by atoms with van der Waals surface area (Å²) >= 11 is 1.02. The Morgan fingerprint density at radius 2 is 1.96 bits per heavy atom. The van der Waals surface area contributed by atoms with Crippen molar-refractivity contribution in [3.63, 3.8) is 0 Å². The van der Waals surface area contributed by atoms with E-state index in [9.17, 15) is 9.59 Å². The molecular weight excluding hydrogens is 358 g/mol. The summed E-state index contributed by atoms with van der Waals surface area (Å²) in [7, 11) is 0. The lowest BCUT2D eigenvalue weighted by Crippen LogP contribution is -2.34. The molecule has 1 aliphatic heterocycles. The van der Waals surface area contributed by atoms with Crippen LogP contribution in [0.5, 0.6) is 0 Å². The summed E-state index contributed by atoms with van der Waals surface area (Å²) in [4.78, 5) is 27.1. The predicted molar refractivity (Wildman–Crippen MR) is 107 cm³/mol. The normalized spacial score (nSPS) is 20.0. The fourth-order valence-electron chi connectivity index (χ4n) is 4.02. The Kier molecular flexibility index (Phi) is 5.04. The fourth-order valence-corrected chi connectivity index (χ4v) is 4.86. The van der Waals surface area contributed by atoms with Gasteiger partial charge in [0.15, 0.2) is 0 Å². The number of rotatable bonds is 4. The van der Waals surface area contributed by atoms with E-state index in [2.05, 4.69) is 6.07 Å². The van der Waals surface area contributed by atoms with Gasteiger partial charge < -0.3 is 4.57 Å². The van der Waals surface area contributed by atoms with E-state index in [0.29, 0.717) is 17.4 Å². The summed E-state index contributed by atoms with van der Waals surface area (Å²) in [5.74, 6) is 0.247. The molecule has 4 rings (SSSR count). The maximum absolute atomic E-state index is 12.8. The third-order valence-corrected chi connectivity index (χ3v) is 6.29. The number of thioether (sulfide) groups is 1. The van der Waals surface area contributed by atoms with E-state index >= 15 is 0 Å². The number of nitriles is 1. The summed E-state index contributed by atoms with van der Waals surface area (Å²) in [6, 6.07) is 9.95. The lowest BCUT2D eigenvalue weighted by molar-refractivity contribution is -0.123. The van der Waals surface area contributed by atoms with Crippen LogP contribution >= 0.6 is 11.8 Å². The van der Waals surface area contributed by atoms with Crippen LogP contribution in [0.4, 0.5) is 4.79 Å². The standard InChI is InChI=1S/C21H21N3O2S/c22-10-11-23-14-16(17-8-4-5-9-18(17)23)12-19-20(25)24(21(26)27-19)13-15-6-2-1-3-7-15/h4-5,8-9,12,14-15H,1-3,6-7,11,13H2/b19-12+. The number of para-hydroxylation sites is 1. The van der Waals surface area contributed by atoms with Gasteiger partial charge in [0.25, 0.3) is 11.1 Å². The van der Waals surface area contributed by atoms with Gasteiger partial charge in [-0.25, -0.2) is 0 Å². The third kappa shape index (κ3) is 3.52. The zero-order valence-electron chi connectivity index (χ0n) is 15.1. The molecule has 0 bridgehead atoms. The number of fused-ring (bicyclic) bond motifs is 1. The van der Waals surface area contributed by atoms with E-state index in [1.165, 1.54) is 24.2 Å². The van der Waals surface area contributed by atoms with Crippen LogP contribution in [-0.4, -0.2) is 27.2 Å². The number of hydrogen-bond donors (Lipinski definition) is 0. The van der Waals surface area contributed by atoms with E-state index in [4.69, 9.17) is 5.26 Å². The largest absolute Gasteiger partial charge is 0.333 e. The number of benzene rings is 1. The van der Waals surface area contributed by atoms with Crippen molar-refractivity contribution < 1.29 is 9.59 Å². The van der Waals surface area contributed by atoms with Crippen LogP contribution in [0.25, 0.3) is 17.0 Å². The zero-order valence-corrected chi connectivity index (χ0v) is 15.9. The molecule has 1 aromatic carbocycles. The number of imide groups is 1. The van der Waals surface area contributed by atoms with Crippen LogP contribution in [0.1, 0.15) is 37.7 Å². The van der Waals surface area contributed by atoms with Crippen molar-refractivity contribution in [3.05, 3.63) is 40.9 Å². The van der Waals surface area contributed by atoms with Gasteiger partial charge in [-0.15, -0.1) is 0 Å². The van der Waals surface area contributed by atoms with Crippen molar-refractivity contribution in [2.75, 3.05) is 6.54 Å². The minimum absolute atomic E-state index is 0.169. The number of amides is 2. The predicted octanol–water partition coefficient (Wildman–Crippen LogP) is 4.78. The molecule has 0 atom stereocenters. The van der Waals surface area contributed by atoms with Crippen LogP contribution in [0.2, 0.25) is 0 Å². The van der Waals surface area contributed by atoms with Gasteiger partial charge in [-0.2, -0.15) is 5.26 Å². The van der Waals surface area contributed by atoms with Crippen molar-refractivity contribution in [2.24, 2.45) is 5.92 Å². The second-order valence-corrected chi connectivity index (χ2v) is 8.18. The highest BCUT2D eigenvalue weighted by Gasteiger charge is 2.36. The number of carbonyl (C=O) groups excluding carboxylic acids is 2. The van der Waals surface area contributed by atoms with E-state index in [1.807, 2.05) is 35.0 Å². The smallest absolute Gasteiger partial charge is 0.293 e. The maximum Gasteiger partial charge on any atom is 0.293 e. The van der Waals surface area contributed by atoms with Crippen molar-refractivity contribution >= 4 is 39.9 Å². The van der Waals surface area contributed by atoms with Crippen molar-refractivity contribution in [1.29, 1.82) is 5.26 Å². The fraction of sp³-hybridized carbons (Fsp3) is 0.381. The Bertz CT molecular complexity index is 963. The Balaban J connectivity index is 1.61. The SMILES string of the molecule is N#CCn1cc(/C=C2/SC(=O)N(CC3CCCCC3)C2=O)c2ccccc21. The van der Waals surface area contributed by atoms with Crippen LogP contribution in [0, 0.1) is 17.2 Å². The lowest BCUT2D eigenvalue weighted by atomic mass is 9.89. The van der Waals surface area contributed by atoms with Gasteiger partial charge >= 0.3 is 0 Å². The molecule has 1 aliphatic carbocycles. The average molecular weight is 379 g/mol. The van der Waals surface area contributed by atoms with E-state index in [0.717, 1.165) is 41.1 Å². The average Bonchev–Trinajstić information content (AvgIpc) is 3.16. The first-order valence-corrected chi connectivity index (χ1v) is 10.2. The summed E-state index contributed by atoms with van der Waals surface area (Å²) in [6.45, 7) is 0.787. The molecule has 2 fully saturated rings. The van der Waals surface area contributed by atoms with Gasteiger partial charge in [-0.3, -0.25) is 14.5 Å². The molecule has 5 nitrogen and oxygen atoms in total. The van der Waals surface area contributed by atoms with Crippen LogP contribution < -0.4 is 0 Å². The first-order chi connectivity index (χ1) is 13.2. The van der Waals surface area contributed by atoms with Gasteiger partial charge in [-0.1, -0.05) is 37.5 Å². The highest BCUT2D eigenvalue weighted by atomic mass is 32.2. The number of aromatic nitrogens is 1. The van der Waals surface area contributed by atoms with Crippen LogP contribution in [0.15, 0.2) is 35.4 Å². The van der Waals surface area contributed by atoms with Gasteiger partial charge in [0.1, 0.15) is 6.54 Å². The van der Waals surface area contributed by atoms with Crippen molar-refractivity contribution in [2.45, 2.75) is 38.6 Å². The molecule has 27 heavy (non-hydrogen) atoms. The first-order valence-electron chi connectivity index (χ1n) is 9.37. The Morgan fingerprint density at radius 1 is 1.19 bits per heavy atom. The van der Waals surface area contributed by atoms with Gasteiger partial charge in [-0.05, 0) is 42.7 Å². The highest BCUT2D eigenvalue weighted by Crippen LogP contribution is 2.36. The Hall–Kier alpha value is -2.52. The summed E-state index contributed by atoms with van der Waals surface area (Å²) in [5, 5.41) is 9.85. The molecule has 2 aromatic rings. The minimum Gasteiger partial charge on any atom is -0.333 e. The van der Waals surface area contributed by atoms with Crippen LogP contribution in [0.3, 0.4) is 0 Å². The molecule has 2 heterocycles. The van der Waals surface area contributed by atoms with Crippen molar-refractivity contribution in [1.82, 2.24) is 9.47 Å². The molecule has 1 aromatic heterocycles. The number of nitrogens with zero attached hydrogens (tertiary/aromatic N) is 3. The van der Waals surface area contributed by atoms with Gasteiger partial charge in [0.2, 0.25) is 0 Å². The second kappa shape index (κ2) is 7.61. The second-order valence-electron chi connectivity index (χ2n) is 7.18. The summed E-state index contributed by atoms with van der Waals surface area (Å²) in [6.07, 6.45) is 9.51. The maximum atomic E-state index is 12.8. The molecule has 0 unspecified atom stereocenters. The molecule has 138 valence electrons. The minimum atomic E-state index is -0.187. The van der Waals surface area contributed by atoms with E-state index < -0.39 is 0 Å². The molecule has 0 radical (unpaired) electrons.